The van der Waals surface area contributed by atoms with Crippen molar-refractivity contribution in [3.05, 3.63) is 57.5 Å². The molecule has 3 rings (SSSR count). The fourth-order valence-corrected chi connectivity index (χ4v) is 2.99. The van der Waals surface area contributed by atoms with Gasteiger partial charge in [-0.3, -0.25) is 9.36 Å². The lowest BCUT2D eigenvalue weighted by Crippen LogP contribution is -2.35. The SMILES string of the molecule is COc1ccc(-n2c3c(cc(CN)c2=O)CN(C)CC3)cc1. The smallest absolute Gasteiger partial charge is 0.259 e. The number of rotatable bonds is 3. The Morgan fingerprint density at radius 2 is 2.00 bits per heavy atom. The third kappa shape index (κ3) is 2.53. The molecule has 2 aromatic rings. The highest BCUT2D eigenvalue weighted by atomic mass is 16.5. The molecule has 5 nitrogen and oxygen atoms in total. The quantitative estimate of drug-likeness (QED) is 0.928. The van der Waals surface area contributed by atoms with E-state index in [0.717, 1.165) is 36.6 Å². The van der Waals surface area contributed by atoms with Gasteiger partial charge in [-0.1, -0.05) is 0 Å². The summed E-state index contributed by atoms with van der Waals surface area (Å²) < 4.78 is 7.00. The first-order valence-corrected chi connectivity index (χ1v) is 7.43. The van der Waals surface area contributed by atoms with E-state index in [0.29, 0.717) is 5.56 Å². The van der Waals surface area contributed by atoms with E-state index < -0.39 is 0 Å². The van der Waals surface area contributed by atoms with Gasteiger partial charge in [0.05, 0.1) is 7.11 Å². The molecular formula is C17H21N3O2. The van der Waals surface area contributed by atoms with E-state index in [9.17, 15) is 4.79 Å². The highest BCUT2D eigenvalue weighted by Gasteiger charge is 2.20. The minimum atomic E-state index is -0.0176. The molecule has 0 aliphatic carbocycles. The van der Waals surface area contributed by atoms with Crippen LogP contribution >= 0.6 is 0 Å². The molecule has 1 aromatic heterocycles. The van der Waals surface area contributed by atoms with Crippen LogP contribution in [0.2, 0.25) is 0 Å². The number of ether oxygens (including phenoxy) is 1. The molecular weight excluding hydrogens is 278 g/mol. The average Bonchev–Trinajstić information content (AvgIpc) is 2.54. The van der Waals surface area contributed by atoms with Gasteiger partial charge in [0.15, 0.2) is 0 Å². The van der Waals surface area contributed by atoms with Crippen molar-refractivity contribution in [3.8, 4) is 11.4 Å². The van der Waals surface area contributed by atoms with Crippen LogP contribution in [0.1, 0.15) is 16.8 Å². The van der Waals surface area contributed by atoms with Gasteiger partial charge in [-0.15, -0.1) is 0 Å². The fourth-order valence-electron chi connectivity index (χ4n) is 2.99. The molecule has 0 amide bonds. The van der Waals surface area contributed by atoms with E-state index in [1.807, 2.05) is 34.9 Å². The van der Waals surface area contributed by atoms with Crippen LogP contribution in [0, 0.1) is 0 Å². The summed E-state index contributed by atoms with van der Waals surface area (Å²) >= 11 is 0. The number of hydrogen-bond acceptors (Lipinski definition) is 4. The lowest BCUT2D eigenvalue weighted by molar-refractivity contribution is 0.307. The summed E-state index contributed by atoms with van der Waals surface area (Å²) in [6, 6.07) is 9.54. The minimum absolute atomic E-state index is 0.0176. The zero-order chi connectivity index (χ0) is 15.7. The number of fused-ring (bicyclic) bond motifs is 1. The predicted octanol–water partition coefficient (Wildman–Crippen LogP) is 1.29. The molecule has 0 bridgehead atoms. The Balaban J connectivity index is 2.20. The molecule has 5 heteroatoms. The maximum absolute atomic E-state index is 12.7. The molecule has 0 fully saturated rings. The number of methoxy groups -OCH3 is 1. The number of hydrogen-bond donors (Lipinski definition) is 1. The summed E-state index contributed by atoms with van der Waals surface area (Å²) in [4.78, 5) is 15.0. The number of benzene rings is 1. The summed E-state index contributed by atoms with van der Waals surface area (Å²) in [5, 5.41) is 0. The van der Waals surface area contributed by atoms with Gasteiger partial charge in [-0.05, 0) is 42.9 Å². The van der Waals surface area contributed by atoms with Crippen molar-refractivity contribution in [3.63, 3.8) is 0 Å². The number of nitrogens with zero attached hydrogens (tertiary/aromatic N) is 2. The third-order valence-corrected chi connectivity index (χ3v) is 4.19. The highest BCUT2D eigenvalue weighted by Crippen LogP contribution is 2.22. The molecule has 0 spiro atoms. The Morgan fingerprint density at radius 3 is 2.64 bits per heavy atom. The van der Waals surface area contributed by atoms with Gasteiger partial charge < -0.3 is 15.4 Å². The van der Waals surface area contributed by atoms with Crippen LogP contribution in [0.5, 0.6) is 5.75 Å². The van der Waals surface area contributed by atoms with Gasteiger partial charge in [0.1, 0.15) is 5.75 Å². The average molecular weight is 299 g/mol. The van der Waals surface area contributed by atoms with Crippen LogP contribution in [0.25, 0.3) is 5.69 Å². The predicted molar refractivity (Wildman–Crippen MR) is 86.5 cm³/mol. The van der Waals surface area contributed by atoms with Gasteiger partial charge in [-0.2, -0.15) is 0 Å². The molecule has 0 unspecified atom stereocenters. The van der Waals surface area contributed by atoms with Crippen LogP contribution in [0.3, 0.4) is 0 Å². The molecule has 1 aliphatic rings. The Hall–Kier alpha value is -2.11. The van der Waals surface area contributed by atoms with E-state index in [1.165, 1.54) is 5.56 Å². The molecule has 2 heterocycles. The largest absolute Gasteiger partial charge is 0.497 e. The summed E-state index contributed by atoms with van der Waals surface area (Å²) in [7, 11) is 3.72. The Morgan fingerprint density at radius 1 is 1.27 bits per heavy atom. The summed E-state index contributed by atoms with van der Waals surface area (Å²) in [5.74, 6) is 0.778. The van der Waals surface area contributed by atoms with E-state index >= 15 is 0 Å². The maximum atomic E-state index is 12.7. The van der Waals surface area contributed by atoms with Gasteiger partial charge in [-0.25, -0.2) is 0 Å². The number of pyridine rings is 1. The Bertz CT molecular complexity index is 735. The second-order valence-electron chi connectivity index (χ2n) is 5.67. The lowest BCUT2D eigenvalue weighted by atomic mass is 10.0. The van der Waals surface area contributed by atoms with Crippen LogP contribution in [-0.2, 0) is 19.5 Å². The zero-order valence-electron chi connectivity index (χ0n) is 13.0. The minimum Gasteiger partial charge on any atom is -0.497 e. The number of aromatic nitrogens is 1. The van der Waals surface area contributed by atoms with Crippen LogP contribution in [0.4, 0.5) is 0 Å². The zero-order valence-corrected chi connectivity index (χ0v) is 13.0. The Labute approximate surface area is 129 Å². The molecule has 0 saturated carbocycles. The second kappa shape index (κ2) is 5.94. The van der Waals surface area contributed by atoms with Crippen molar-refractivity contribution in [2.75, 3.05) is 20.7 Å². The van der Waals surface area contributed by atoms with Crippen molar-refractivity contribution in [2.24, 2.45) is 5.73 Å². The molecule has 22 heavy (non-hydrogen) atoms. The summed E-state index contributed by atoms with van der Waals surface area (Å²) in [6.45, 7) is 2.05. The molecule has 0 atom stereocenters. The number of likely N-dealkylation sites (N-methyl/N-ethyl adjacent to an activating group) is 1. The van der Waals surface area contributed by atoms with Gasteiger partial charge >= 0.3 is 0 Å². The van der Waals surface area contributed by atoms with Crippen LogP contribution in [-0.4, -0.2) is 30.2 Å². The normalized spacial score (nSPS) is 14.7. The van der Waals surface area contributed by atoms with E-state index in [2.05, 4.69) is 11.9 Å². The topological polar surface area (TPSA) is 60.5 Å². The molecule has 0 saturated heterocycles. The van der Waals surface area contributed by atoms with Gasteiger partial charge in [0.25, 0.3) is 5.56 Å². The Kier molecular flexibility index (Phi) is 4.00. The van der Waals surface area contributed by atoms with E-state index in [4.69, 9.17) is 10.5 Å². The van der Waals surface area contributed by atoms with Crippen molar-refractivity contribution in [1.82, 2.24) is 9.47 Å². The summed E-state index contributed by atoms with van der Waals surface area (Å²) in [6.07, 6.45) is 0.859. The number of nitrogens with two attached hydrogens (primary N) is 1. The van der Waals surface area contributed by atoms with Crippen molar-refractivity contribution in [2.45, 2.75) is 19.5 Å². The van der Waals surface area contributed by atoms with E-state index in [1.54, 1.807) is 7.11 Å². The third-order valence-electron chi connectivity index (χ3n) is 4.19. The first-order chi connectivity index (χ1) is 10.6. The first-order valence-electron chi connectivity index (χ1n) is 7.43. The van der Waals surface area contributed by atoms with Crippen molar-refractivity contribution >= 4 is 0 Å². The van der Waals surface area contributed by atoms with Crippen LogP contribution in [0.15, 0.2) is 35.1 Å². The van der Waals surface area contributed by atoms with Crippen molar-refractivity contribution in [1.29, 1.82) is 0 Å². The molecule has 116 valence electrons. The highest BCUT2D eigenvalue weighted by molar-refractivity contribution is 5.42. The molecule has 2 N–H and O–H groups in total. The first kappa shape index (κ1) is 14.8. The summed E-state index contributed by atoms with van der Waals surface area (Å²) in [5.41, 5.74) is 9.54. The van der Waals surface area contributed by atoms with Gasteiger partial charge in [0.2, 0.25) is 0 Å². The monoisotopic (exact) mass is 299 g/mol. The van der Waals surface area contributed by atoms with Crippen LogP contribution < -0.4 is 16.0 Å². The van der Waals surface area contributed by atoms with Crippen molar-refractivity contribution < 1.29 is 4.74 Å². The standard InChI is InChI=1S/C17H21N3O2/c1-19-8-7-16-13(11-19)9-12(10-18)17(21)20(16)14-3-5-15(22-2)6-4-14/h3-6,9H,7-8,10-11,18H2,1-2H3. The molecule has 0 radical (unpaired) electrons. The van der Waals surface area contributed by atoms with E-state index in [-0.39, 0.29) is 12.1 Å². The molecule has 1 aliphatic heterocycles. The van der Waals surface area contributed by atoms with Gasteiger partial charge in [0, 0.05) is 43.0 Å². The lowest BCUT2D eigenvalue weighted by Gasteiger charge is -2.28. The molecule has 1 aromatic carbocycles. The fraction of sp³-hybridized carbons (Fsp3) is 0.353. The second-order valence-corrected chi connectivity index (χ2v) is 5.67. The maximum Gasteiger partial charge on any atom is 0.259 e.